The molecule has 0 aliphatic rings. The van der Waals surface area contributed by atoms with Gasteiger partial charge in [-0.05, 0) is 25.5 Å². The van der Waals surface area contributed by atoms with Crippen molar-refractivity contribution >= 4 is 0 Å². The Morgan fingerprint density at radius 2 is 0.788 bits per heavy atom. The summed E-state index contributed by atoms with van der Waals surface area (Å²) in [5.74, 6) is 0. The van der Waals surface area contributed by atoms with Gasteiger partial charge in [0.2, 0.25) is 0 Å². The van der Waals surface area contributed by atoms with Gasteiger partial charge in [-0.2, -0.15) is 0 Å². The monoisotopic (exact) mass is 465 g/mol. The predicted molar refractivity (Wildman–Crippen MR) is 150 cm³/mol. The lowest BCUT2D eigenvalue weighted by Crippen LogP contribution is -2.21. The maximum Gasteiger partial charge on any atom is 0.123 e. The van der Waals surface area contributed by atoms with Crippen molar-refractivity contribution < 1.29 is 5.11 Å². The summed E-state index contributed by atoms with van der Waals surface area (Å²) in [4.78, 5) is 0. The first-order chi connectivity index (χ1) is 16.3. The van der Waals surface area contributed by atoms with E-state index in [1.165, 1.54) is 154 Å². The van der Waals surface area contributed by atoms with E-state index in [4.69, 9.17) is 0 Å². The molecule has 2 heteroatoms. The van der Waals surface area contributed by atoms with E-state index >= 15 is 0 Å². The van der Waals surface area contributed by atoms with Crippen molar-refractivity contribution in [2.45, 2.75) is 187 Å². The van der Waals surface area contributed by atoms with Crippen molar-refractivity contribution in [3.05, 3.63) is 12.3 Å². The number of aliphatic hydroxyl groups excluding tert-OH is 1. The third kappa shape index (κ3) is 29.5. The van der Waals surface area contributed by atoms with Crippen LogP contribution in [0.25, 0.3) is 0 Å². The molecule has 0 aromatic heterocycles. The van der Waals surface area contributed by atoms with Crippen LogP contribution in [-0.4, -0.2) is 11.3 Å². The third-order valence-electron chi connectivity index (χ3n) is 7.02. The normalized spacial score (nSPS) is 12.6. The molecule has 198 valence electrons. The zero-order valence-corrected chi connectivity index (χ0v) is 23.1. The van der Waals surface area contributed by atoms with Gasteiger partial charge < -0.3 is 10.4 Å². The van der Waals surface area contributed by atoms with Gasteiger partial charge in [0, 0.05) is 0 Å². The van der Waals surface area contributed by atoms with Crippen LogP contribution >= 0.6 is 0 Å². The van der Waals surface area contributed by atoms with E-state index in [2.05, 4.69) is 18.3 Å². The molecule has 0 bridgehead atoms. The molecule has 0 saturated carbocycles. The minimum absolute atomic E-state index is 0.388. The van der Waals surface area contributed by atoms with Gasteiger partial charge in [0.1, 0.15) is 6.23 Å². The Labute approximate surface area is 209 Å². The fourth-order valence-corrected chi connectivity index (χ4v) is 4.60. The lowest BCUT2D eigenvalue weighted by Gasteiger charge is -2.06. The zero-order chi connectivity index (χ0) is 24.1. The van der Waals surface area contributed by atoms with E-state index in [0.717, 1.165) is 12.8 Å². The lowest BCUT2D eigenvalue weighted by atomic mass is 10.0. The van der Waals surface area contributed by atoms with Crippen molar-refractivity contribution in [1.29, 1.82) is 0 Å². The molecule has 0 heterocycles. The van der Waals surface area contributed by atoms with Crippen molar-refractivity contribution in [1.82, 2.24) is 5.32 Å². The minimum Gasteiger partial charge on any atom is -0.374 e. The molecule has 0 spiro atoms. The van der Waals surface area contributed by atoms with Gasteiger partial charge in [-0.15, -0.1) is 0 Å². The highest BCUT2D eigenvalue weighted by Gasteiger charge is 1.96. The highest BCUT2D eigenvalue weighted by molar-refractivity contribution is 4.79. The number of unbranched alkanes of at least 4 members (excludes halogenated alkanes) is 24. The molecule has 0 aromatic carbocycles. The number of aliphatic hydroxyl groups is 1. The van der Waals surface area contributed by atoms with Crippen LogP contribution < -0.4 is 5.32 Å². The summed E-state index contributed by atoms with van der Waals surface area (Å²) in [6.07, 6.45) is 40.2. The molecular weight excluding hydrogens is 402 g/mol. The van der Waals surface area contributed by atoms with Crippen molar-refractivity contribution in [2.24, 2.45) is 0 Å². The van der Waals surface area contributed by atoms with Crippen molar-refractivity contribution in [2.75, 3.05) is 0 Å². The Bertz CT molecular complexity index is 368. The molecule has 2 N–H and O–H groups in total. The number of allylic oxidation sites excluding steroid dienone is 1. The second-order valence-electron chi connectivity index (χ2n) is 10.4. The van der Waals surface area contributed by atoms with Crippen LogP contribution in [0, 0.1) is 0 Å². The first-order valence-corrected chi connectivity index (χ1v) is 15.4. The third-order valence-corrected chi connectivity index (χ3v) is 7.02. The van der Waals surface area contributed by atoms with Gasteiger partial charge in [0.05, 0.1) is 0 Å². The molecule has 0 radical (unpaired) electrons. The minimum atomic E-state index is -0.388. The summed E-state index contributed by atoms with van der Waals surface area (Å²) < 4.78 is 0. The Hall–Kier alpha value is -0.500. The summed E-state index contributed by atoms with van der Waals surface area (Å²) in [6, 6.07) is 0. The van der Waals surface area contributed by atoms with Gasteiger partial charge in [-0.1, -0.05) is 168 Å². The topological polar surface area (TPSA) is 32.3 Å². The van der Waals surface area contributed by atoms with Gasteiger partial charge >= 0.3 is 0 Å². The number of rotatable bonds is 28. The van der Waals surface area contributed by atoms with Crippen LogP contribution in [0.5, 0.6) is 0 Å². The molecule has 0 rings (SSSR count). The summed E-state index contributed by atoms with van der Waals surface area (Å²) in [7, 11) is 0. The lowest BCUT2D eigenvalue weighted by molar-refractivity contribution is 0.149. The SMILES string of the molecule is CCCCCCCCCCCCCCCCCCCCCCCCCCC=CNC(O)CC. The van der Waals surface area contributed by atoms with Crippen LogP contribution in [-0.2, 0) is 0 Å². The molecule has 0 amide bonds. The molecule has 0 aliphatic heterocycles. The fourth-order valence-electron chi connectivity index (χ4n) is 4.60. The average Bonchev–Trinajstić information content (AvgIpc) is 2.83. The van der Waals surface area contributed by atoms with Crippen LogP contribution in [0.15, 0.2) is 12.3 Å². The van der Waals surface area contributed by atoms with E-state index in [1.54, 1.807) is 0 Å². The van der Waals surface area contributed by atoms with Crippen molar-refractivity contribution in [3.63, 3.8) is 0 Å². The summed E-state index contributed by atoms with van der Waals surface area (Å²) in [6.45, 7) is 4.28. The van der Waals surface area contributed by atoms with Crippen LogP contribution in [0.2, 0.25) is 0 Å². The molecule has 1 atom stereocenters. The Morgan fingerprint density at radius 3 is 1.09 bits per heavy atom. The summed E-state index contributed by atoms with van der Waals surface area (Å²) in [5.41, 5.74) is 0. The van der Waals surface area contributed by atoms with Gasteiger partial charge in [-0.3, -0.25) is 0 Å². The highest BCUT2D eigenvalue weighted by atomic mass is 16.3. The largest absolute Gasteiger partial charge is 0.374 e. The second-order valence-corrected chi connectivity index (χ2v) is 10.4. The second kappa shape index (κ2) is 29.5. The summed E-state index contributed by atoms with van der Waals surface area (Å²) >= 11 is 0. The number of hydrogen-bond acceptors (Lipinski definition) is 2. The zero-order valence-electron chi connectivity index (χ0n) is 23.1. The first-order valence-electron chi connectivity index (χ1n) is 15.4. The smallest absolute Gasteiger partial charge is 0.123 e. The molecule has 2 nitrogen and oxygen atoms in total. The van der Waals surface area contributed by atoms with Crippen LogP contribution in [0.4, 0.5) is 0 Å². The first kappa shape index (κ1) is 32.5. The quantitative estimate of drug-likeness (QED) is 0.0889. The standard InChI is InChI=1S/C31H63NO/c1-3-5-6-7-8-9-10-11-12-13-14-15-16-17-18-19-20-21-22-23-24-25-26-27-28-29-30-32-31(33)4-2/h29-33H,3-28H2,1-2H3. The average molecular weight is 466 g/mol. The van der Waals surface area contributed by atoms with Crippen LogP contribution in [0.3, 0.4) is 0 Å². The van der Waals surface area contributed by atoms with E-state index < -0.39 is 0 Å². The fraction of sp³-hybridized carbons (Fsp3) is 0.935. The van der Waals surface area contributed by atoms with Gasteiger partial charge in [-0.25, -0.2) is 0 Å². The molecule has 0 fully saturated rings. The van der Waals surface area contributed by atoms with Crippen LogP contribution in [0.1, 0.15) is 181 Å². The Balaban J connectivity index is 3.05. The molecule has 33 heavy (non-hydrogen) atoms. The maximum atomic E-state index is 9.39. The molecule has 0 aliphatic carbocycles. The number of hydrogen-bond donors (Lipinski definition) is 2. The van der Waals surface area contributed by atoms with Gasteiger partial charge in [0.15, 0.2) is 0 Å². The molecule has 1 unspecified atom stereocenters. The molecular formula is C31H63NO. The molecule has 0 aromatic rings. The van der Waals surface area contributed by atoms with E-state index in [1.807, 2.05) is 13.1 Å². The Kier molecular flexibility index (Phi) is 29.1. The van der Waals surface area contributed by atoms with E-state index in [-0.39, 0.29) is 6.23 Å². The van der Waals surface area contributed by atoms with Crippen molar-refractivity contribution in [3.8, 4) is 0 Å². The highest BCUT2D eigenvalue weighted by Crippen LogP contribution is 2.15. The van der Waals surface area contributed by atoms with Gasteiger partial charge in [0.25, 0.3) is 0 Å². The predicted octanol–water partition coefficient (Wildman–Crippen LogP) is 10.6. The number of nitrogens with one attached hydrogen (secondary N) is 1. The summed E-state index contributed by atoms with van der Waals surface area (Å²) in [5, 5.41) is 12.4. The van der Waals surface area contributed by atoms with E-state index in [0.29, 0.717) is 0 Å². The Morgan fingerprint density at radius 1 is 0.485 bits per heavy atom. The maximum absolute atomic E-state index is 9.39. The van der Waals surface area contributed by atoms with E-state index in [9.17, 15) is 5.11 Å². The molecule has 0 saturated heterocycles.